The van der Waals surface area contributed by atoms with Crippen molar-refractivity contribution in [1.29, 1.82) is 0 Å². The molecule has 0 spiro atoms. The highest BCUT2D eigenvalue weighted by Crippen LogP contribution is 2.33. The molecular weight excluding hydrogens is 316 g/mol. The van der Waals surface area contributed by atoms with Gasteiger partial charge in [-0.25, -0.2) is 4.98 Å². The molecule has 0 N–H and O–H groups in total. The van der Waals surface area contributed by atoms with Crippen LogP contribution in [0.3, 0.4) is 0 Å². The molecule has 1 amide bonds. The highest BCUT2D eigenvalue weighted by molar-refractivity contribution is 9.10. The van der Waals surface area contributed by atoms with Gasteiger partial charge in [-0.15, -0.1) is 0 Å². The lowest BCUT2D eigenvalue weighted by Gasteiger charge is -2.30. The standard InChI is InChI=1S/C16H21BrN2O/c17-15-14(7-4-10-18-15)16(20)19(13-8-9-13)11-12-5-2-1-3-6-12/h4,7,10,12-13H,1-3,5-6,8-9,11H2. The van der Waals surface area contributed by atoms with Crippen LogP contribution in [0.5, 0.6) is 0 Å². The van der Waals surface area contributed by atoms with Crippen molar-refractivity contribution in [2.45, 2.75) is 51.0 Å². The monoisotopic (exact) mass is 336 g/mol. The van der Waals surface area contributed by atoms with Gasteiger partial charge in [-0.3, -0.25) is 4.79 Å². The van der Waals surface area contributed by atoms with Crippen LogP contribution in [0.25, 0.3) is 0 Å². The molecule has 0 atom stereocenters. The van der Waals surface area contributed by atoms with Crippen LogP contribution in [0.2, 0.25) is 0 Å². The Morgan fingerprint density at radius 1 is 1.25 bits per heavy atom. The lowest BCUT2D eigenvalue weighted by molar-refractivity contribution is 0.0697. The predicted molar refractivity (Wildman–Crippen MR) is 82.6 cm³/mol. The third-order valence-electron chi connectivity index (χ3n) is 4.42. The Labute approximate surface area is 128 Å². The number of aromatic nitrogens is 1. The van der Waals surface area contributed by atoms with E-state index in [2.05, 4.69) is 25.8 Å². The summed E-state index contributed by atoms with van der Waals surface area (Å²) in [4.78, 5) is 19.1. The van der Waals surface area contributed by atoms with Gasteiger partial charge in [0.2, 0.25) is 0 Å². The molecule has 2 aliphatic rings. The Kier molecular flexibility index (Phi) is 4.39. The summed E-state index contributed by atoms with van der Waals surface area (Å²) in [7, 11) is 0. The van der Waals surface area contributed by atoms with E-state index in [1.165, 1.54) is 32.1 Å². The Morgan fingerprint density at radius 3 is 2.65 bits per heavy atom. The molecule has 0 bridgehead atoms. The summed E-state index contributed by atoms with van der Waals surface area (Å²) in [6.45, 7) is 0.935. The van der Waals surface area contributed by atoms with E-state index in [-0.39, 0.29) is 5.91 Å². The van der Waals surface area contributed by atoms with Crippen molar-refractivity contribution in [2.24, 2.45) is 5.92 Å². The molecule has 3 nitrogen and oxygen atoms in total. The quantitative estimate of drug-likeness (QED) is 0.777. The minimum Gasteiger partial charge on any atom is -0.335 e. The van der Waals surface area contributed by atoms with Crippen LogP contribution in [0.4, 0.5) is 0 Å². The number of hydrogen-bond acceptors (Lipinski definition) is 2. The van der Waals surface area contributed by atoms with Crippen molar-refractivity contribution in [3.05, 3.63) is 28.5 Å². The number of hydrogen-bond donors (Lipinski definition) is 0. The number of pyridine rings is 1. The van der Waals surface area contributed by atoms with Crippen LogP contribution < -0.4 is 0 Å². The zero-order chi connectivity index (χ0) is 13.9. The van der Waals surface area contributed by atoms with Gasteiger partial charge >= 0.3 is 0 Å². The molecule has 0 aromatic carbocycles. The zero-order valence-electron chi connectivity index (χ0n) is 11.7. The highest BCUT2D eigenvalue weighted by atomic mass is 79.9. The molecule has 4 heteroatoms. The maximum Gasteiger partial charge on any atom is 0.256 e. The van der Waals surface area contributed by atoms with Crippen molar-refractivity contribution in [3.8, 4) is 0 Å². The van der Waals surface area contributed by atoms with E-state index >= 15 is 0 Å². The van der Waals surface area contributed by atoms with Crippen LogP contribution in [0, 0.1) is 5.92 Å². The number of amides is 1. The van der Waals surface area contributed by atoms with E-state index in [1.54, 1.807) is 6.20 Å². The summed E-state index contributed by atoms with van der Waals surface area (Å²) in [5.41, 5.74) is 0.704. The fraction of sp³-hybridized carbons (Fsp3) is 0.625. The first-order valence-corrected chi connectivity index (χ1v) is 8.46. The summed E-state index contributed by atoms with van der Waals surface area (Å²) in [5.74, 6) is 0.849. The van der Waals surface area contributed by atoms with Crippen LogP contribution in [-0.4, -0.2) is 28.4 Å². The second kappa shape index (κ2) is 6.25. The van der Waals surface area contributed by atoms with Crippen molar-refractivity contribution in [3.63, 3.8) is 0 Å². The number of halogens is 1. The van der Waals surface area contributed by atoms with Crippen molar-refractivity contribution in [1.82, 2.24) is 9.88 Å². The van der Waals surface area contributed by atoms with Crippen molar-refractivity contribution in [2.75, 3.05) is 6.54 Å². The van der Waals surface area contributed by atoms with Gasteiger partial charge in [-0.2, -0.15) is 0 Å². The Bertz CT molecular complexity index is 481. The smallest absolute Gasteiger partial charge is 0.256 e. The molecule has 1 heterocycles. The summed E-state index contributed by atoms with van der Waals surface area (Å²) >= 11 is 3.40. The third kappa shape index (κ3) is 3.22. The fourth-order valence-corrected chi connectivity index (χ4v) is 3.55. The van der Waals surface area contributed by atoms with Crippen LogP contribution in [0.1, 0.15) is 55.3 Å². The van der Waals surface area contributed by atoms with Crippen molar-refractivity contribution < 1.29 is 4.79 Å². The highest BCUT2D eigenvalue weighted by Gasteiger charge is 2.35. The summed E-state index contributed by atoms with van der Waals surface area (Å²) in [6, 6.07) is 4.18. The van der Waals surface area contributed by atoms with E-state index in [9.17, 15) is 4.79 Å². The van der Waals surface area contributed by atoms with E-state index < -0.39 is 0 Å². The first-order chi connectivity index (χ1) is 9.75. The minimum atomic E-state index is 0.151. The summed E-state index contributed by atoms with van der Waals surface area (Å²) in [6.07, 6.45) is 10.6. The molecule has 1 aromatic rings. The first-order valence-electron chi connectivity index (χ1n) is 7.67. The lowest BCUT2D eigenvalue weighted by Crippen LogP contribution is -2.38. The molecule has 0 saturated heterocycles. The van der Waals surface area contributed by atoms with E-state index in [1.807, 2.05) is 12.1 Å². The largest absolute Gasteiger partial charge is 0.335 e. The predicted octanol–water partition coefficient (Wildman–Crippen LogP) is 4.03. The first kappa shape index (κ1) is 14.1. The Balaban J connectivity index is 1.73. The van der Waals surface area contributed by atoms with Gasteiger partial charge in [0.25, 0.3) is 5.91 Å². The Morgan fingerprint density at radius 2 is 2.00 bits per heavy atom. The summed E-state index contributed by atoms with van der Waals surface area (Å²) in [5, 5.41) is 0. The van der Waals surface area contributed by atoms with Gasteiger partial charge in [0.15, 0.2) is 0 Å². The number of carbonyl (C=O) groups excluding carboxylic acids is 1. The molecule has 2 aliphatic carbocycles. The van der Waals surface area contributed by atoms with Crippen LogP contribution in [-0.2, 0) is 0 Å². The lowest BCUT2D eigenvalue weighted by atomic mass is 9.89. The maximum atomic E-state index is 12.8. The number of nitrogens with zero attached hydrogens (tertiary/aromatic N) is 2. The van der Waals surface area contributed by atoms with E-state index in [0.29, 0.717) is 22.1 Å². The van der Waals surface area contributed by atoms with Gasteiger partial charge < -0.3 is 4.90 Å². The molecule has 0 radical (unpaired) electrons. The summed E-state index contributed by atoms with van der Waals surface area (Å²) < 4.78 is 0.666. The second-order valence-electron chi connectivity index (χ2n) is 6.03. The topological polar surface area (TPSA) is 33.2 Å². The molecule has 1 aromatic heterocycles. The second-order valence-corrected chi connectivity index (χ2v) is 6.79. The normalized spacial score (nSPS) is 19.9. The number of rotatable bonds is 4. The zero-order valence-corrected chi connectivity index (χ0v) is 13.3. The average Bonchev–Trinajstić information content (AvgIpc) is 3.30. The van der Waals surface area contributed by atoms with E-state index in [0.717, 1.165) is 19.4 Å². The van der Waals surface area contributed by atoms with Gasteiger partial charge in [0.1, 0.15) is 4.60 Å². The molecule has 108 valence electrons. The SMILES string of the molecule is O=C(c1cccnc1Br)N(CC1CCCCC1)C1CC1. The molecular formula is C16H21BrN2O. The fourth-order valence-electron chi connectivity index (χ4n) is 3.13. The maximum absolute atomic E-state index is 12.8. The molecule has 2 fully saturated rings. The van der Waals surface area contributed by atoms with Crippen LogP contribution >= 0.6 is 15.9 Å². The van der Waals surface area contributed by atoms with Gasteiger partial charge in [0, 0.05) is 18.8 Å². The van der Waals surface area contributed by atoms with Gasteiger partial charge in [-0.05, 0) is 59.7 Å². The molecule has 20 heavy (non-hydrogen) atoms. The van der Waals surface area contributed by atoms with Crippen LogP contribution in [0.15, 0.2) is 22.9 Å². The third-order valence-corrected chi connectivity index (χ3v) is 5.05. The minimum absolute atomic E-state index is 0.151. The number of carbonyl (C=O) groups is 1. The van der Waals surface area contributed by atoms with Gasteiger partial charge in [0.05, 0.1) is 5.56 Å². The molecule has 0 unspecified atom stereocenters. The van der Waals surface area contributed by atoms with Crippen molar-refractivity contribution >= 4 is 21.8 Å². The van der Waals surface area contributed by atoms with E-state index in [4.69, 9.17) is 0 Å². The Hall–Kier alpha value is -0.900. The molecule has 2 saturated carbocycles. The average molecular weight is 337 g/mol. The molecule has 0 aliphatic heterocycles. The van der Waals surface area contributed by atoms with Gasteiger partial charge in [-0.1, -0.05) is 19.3 Å². The molecule has 3 rings (SSSR count).